The van der Waals surface area contributed by atoms with Crippen molar-refractivity contribution in [1.82, 2.24) is 24.8 Å². The van der Waals surface area contributed by atoms with Gasteiger partial charge in [-0.2, -0.15) is 0 Å². The molecule has 0 bridgehead atoms. The molecule has 0 spiro atoms. The van der Waals surface area contributed by atoms with Crippen molar-refractivity contribution in [3.8, 4) is 26.9 Å². The lowest BCUT2D eigenvalue weighted by atomic mass is 10.2. The average molecular weight is 624 g/mol. The van der Waals surface area contributed by atoms with Gasteiger partial charge in [0.1, 0.15) is 10.8 Å². The quantitative estimate of drug-likeness (QED) is 0.140. The summed E-state index contributed by atoms with van der Waals surface area (Å²) in [7, 11) is 1.65. The van der Waals surface area contributed by atoms with E-state index < -0.39 is 11.9 Å². The van der Waals surface area contributed by atoms with Gasteiger partial charge in [-0.3, -0.25) is 14.9 Å². The van der Waals surface area contributed by atoms with E-state index in [1.165, 1.54) is 0 Å². The van der Waals surface area contributed by atoms with Crippen LogP contribution in [0.4, 0.5) is 0 Å². The number of rotatable bonds is 13. The molecular weight excluding hydrogens is 590 g/mol. The van der Waals surface area contributed by atoms with Gasteiger partial charge >= 0.3 is 11.9 Å². The predicted molar refractivity (Wildman–Crippen MR) is 171 cm³/mol. The van der Waals surface area contributed by atoms with Crippen molar-refractivity contribution in [2.75, 3.05) is 20.3 Å². The standard InChI is InChI=1S/C34H33N5O5S/c1-4-43-33(40)24-13-15-35-27(17-24)21-39(22-28-18-25(14-16-36-28)34(41)44-5-2)20-26-7-6-8-30(38-26)32-37-19-31(45-32)23-9-11-29(42-3)12-10-23/h6-19H,4-5,20-22H2,1-3H3. The van der Waals surface area contributed by atoms with Gasteiger partial charge in [-0.1, -0.05) is 6.07 Å². The van der Waals surface area contributed by atoms with Crippen LogP contribution in [0.3, 0.4) is 0 Å². The first-order valence-corrected chi connectivity index (χ1v) is 15.3. The lowest BCUT2D eigenvalue weighted by molar-refractivity contribution is 0.0516. The van der Waals surface area contributed by atoms with Crippen LogP contribution in [0, 0.1) is 0 Å². The number of carbonyl (C=O) groups is 2. The SMILES string of the molecule is CCOC(=O)c1ccnc(CN(Cc2cc(C(=O)OCC)ccn2)Cc2cccc(-c3ncc(-c4ccc(OC)cc4)s3)n2)c1. The summed E-state index contributed by atoms with van der Waals surface area (Å²) in [6.45, 7) is 5.34. The van der Waals surface area contributed by atoms with Crippen LogP contribution < -0.4 is 4.74 Å². The maximum atomic E-state index is 12.4. The number of benzene rings is 1. The van der Waals surface area contributed by atoms with Crippen LogP contribution in [0.15, 0.2) is 85.3 Å². The zero-order valence-corrected chi connectivity index (χ0v) is 26.1. The second-order valence-corrected chi connectivity index (χ2v) is 11.0. The third-order valence-electron chi connectivity index (χ3n) is 6.72. The van der Waals surface area contributed by atoms with Crippen LogP contribution in [0.1, 0.15) is 51.6 Å². The first-order chi connectivity index (χ1) is 21.9. The van der Waals surface area contributed by atoms with Gasteiger partial charge in [-0.15, -0.1) is 11.3 Å². The Kier molecular flexibility index (Phi) is 10.6. The molecule has 5 rings (SSSR count). The van der Waals surface area contributed by atoms with Gasteiger partial charge < -0.3 is 14.2 Å². The van der Waals surface area contributed by atoms with Gasteiger partial charge in [0.25, 0.3) is 0 Å². The lowest BCUT2D eigenvalue weighted by Crippen LogP contribution is -2.24. The van der Waals surface area contributed by atoms with E-state index in [0.29, 0.717) is 42.1 Å². The van der Waals surface area contributed by atoms with E-state index in [2.05, 4.69) is 19.9 Å². The fraction of sp³-hybridized carbons (Fsp3) is 0.235. The highest BCUT2D eigenvalue weighted by atomic mass is 32.1. The number of esters is 2. The fourth-order valence-corrected chi connectivity index (χ4v) is 5.53. The van der Waals surface area contributed by atoms with Crippen LogP contribution in [-0.4, -0.2) is 57.1 Å². The third kappa shape index (κ3) is 8.34. The van der Waals surface area contributed by atoms with E-state index in [1.54, 1.807) is 69.0 Å². The number of pyridine rings is 3. The summed E-state index contributed by atoms with van der Waals surface area (Å²) in [5, 5.41) is 0.807. The molecule has 0 saturated carbocycles. The largest absolute Gasteiger partial charge is 0.497 e. The Morgan fingerprint density at radius 2 is 1.36 bits per heavy atom. The van der Waals surface area contributed by atoms with Crippen molar-refractivity contribution in [3.63, 3.8) is 0 Å². The molecule has 10 nitrogen and oxygen atoms in total. The van der Waals surface area contributed by atoms with Crippen molar-refractivity contribution >= 4 is 23.3 Å². The van der Waals surface area contributed by atoms with E-state index in [0.717, 1.165) is 32.6 Å². The van der Waals surface area contributed by atoms with Gasteiger partial charge in [0.15, 0.2) is 0 Å². The van der Waals surface area contributed by atoms with Crippen molar-refractivity contribution in [3.05, 3.63) is 114 Å². The molecule has 0 atom stereocenters. The third-order valence-corrected chi connectivity index (χ3v) is 7.79. The van der Waals surface area contributed by atoms with E-state index in [9.17, 15) is 9.59 Å². The summed E-state index contributed by atoms with van der Waals surface area (Å²) in [6, 6.07) is 20.5. The Morgan fingerprint density at radius 3 is 1.93 bits per heavy atom. The van der Waals surface area contributed by atoms with Crippen LogP contribution in [0.2, 0.25) is 0 Å². The Balaban J connectivity index is 1.40. The Hall–Kier alpha value is -5.00. The first kappa shape index (κ1) is 31.4. The maximum Gasteiger partial charge on any atom is 0.338 e. The molecule has 0 aliphatic rings. The van der Waals surface area contributed by atoms with Gasteiger partial charge in [-0.25, -0.2) is 19.6 Å². The molecule has 4 aromatic heterocycles. The van der Waals surface area contributed by atoms with Crippen molar-refractivity contribution in [1.29, 1.82) is 0 Å². The highest BCUT2D eigenvalue weighted by Gasteiger charge is 2.16. The van der Waals surface area contributed by atoms with E-state index in [1.807, 2.05) is 48.7 Å². The summed E-state index contributed by atoms with van der Waals surface area (Å²) in [4.78, 5) is 46.5. The zero-order valence-electron chi connectivity index (χ0n) is 25.3. The molecule has 11 heteroatoms. The zero-order chi connectivity index (χ0) is 31.6. The van der Waals surface area contributed by atoms with Gasteiger partial charge in [0.2, 0.25) is 0 Å². The van der Waals surface area contributed by atoms with Gasteiger partial charge in [0, 0.05) is 38.2 Å². The Labute approximate surface area is 265 Å². The van der Waals surface area contributed by atoms with Gasteiger partial charge in [-0.05, 0) is 80.1 Å². The fourth-order valence-electron chi connectivity index (χ4n) is 4.64. The molecule has 0 unspecified atom stereocenters. The summed E-state index contributed by atoms with van der Waals surface area (Å²) in [5.74, 6) is -0.000271. The molecule has 4 heterocycles. The molecule has 1 aromatic carbocycles. The van der Waals surface area contributed by atoms with E-state index >= 15 is 0 Å². The summed E-state index contributed by atoms with van der Waals surface area (Å²) < 4.78 is 15.6. The summed E-state index contributed by atoms with van der Waals surface area (Å²) >= 11 is 1.57. The minimum absolute atomic E-state index is 0.286. The van der Waals surface area contributed by atoms with Crippen LogP contribution >= 0.6 is 11.3 Å². The second kappa shape index (κ2) is 15.1. The minimum Gasteiger partial charge on any atom is -0.497 e. The number of carbonyl (C=O) groups excluding carboxylic acids is 2. The smallest absolute Gasteiger partial charge is 0.338 e. The van der Waals surface area contributed by atoms with Crippen molar-refractivity contribution in [2.45, 2.75) is 33.5 Å². The van der Waals surface area contributed by atoms with E-state index in [-0.39, 0.29) is 13.2 Å². The number of methoxy groups -OCH3 is 1. The molecule has 0 N–H and O–H groups in total. The molecule has 45 heavy (non-hydrogen) atoms. The lowest BCUT2D eigenvalue weighted by Gasteiger charge is -2.22. The monoisotopic (exact) mass is 623 g/mol. The molecule has 0 amide bonds. The van der Waals surface area contributed by atoms with Crippen molar-refractivity contribution < 1.29 is 23.8 Å². The number of nitrogens with zero attached hydrogens (tertiary/aromatic N) is 5. The van der Waals surface area contributed by atoms with E-state index in [4.69, 9.17) is 19.2 Å². The van der Waals surface area contributed by atoms with Crippen LogP contribution in [0.25, 0.3) is 21.1 Å². The molecule has 0 aliphatic heterocycles. The molecular formula is C34H33N5O5S. The molecule has 0 aliphatic carbocycles. The van der Waals surface area contributed by atoms with Crippen LogP contribution in [0.5, 0.6) is 5.75 Å². The Bertz CT molecular complexity index is 1690. The predicted octanol–water partition coefficient (Wildman–Crippen LogP) is 6.23. The van der Waals surface area contributed by atoms with Gasteiger partial charge in [0.05, 0.1) is 59.1 Å². The highest BCUT2D eigenvalue weighted by molar-refractivity contribution is 7.18. The average Bonchev–Trinajstić information content (AvgIpc) is 3.56. The molecule has 0 radical (unpaired) electrons. The van der Waals surface area contributed by atoms with Crippen LogP contribution in [-0.2, 0) is 29.1 Å². The summed E-state index contributed by atoms with van der Waals surface area (Å²) in [5.41, 5.74) is 4.86. The Morgan fingerprint density at radius 1 is 0.756 bits per heavy atom. The maximum absolute atomic E-state index is 12.4. The molecule has 5 aromatic rings. The normalized spacial score (nSPS) is 10.9. The number of thiazole rings is 1. The number of hydrogen-bond acceptors (Lipinski definition) is 11. The molecule has 0 fully saturated rings. The first-order valence-electron chi connectivity index (χ1n) is 14.5. The molecule has 230 valence electrons. The topological polar surface area (TPSA) is 117 Å². The summed E-state index contributed by atoms with van der Waals surface area (Å²) in [6.07, 6.45) is 5.05. The number of hydrogen-bond donors (Lipinski definition) is 0. The molecule has 0 saturated heterocycles. The second-order valence-electron chi connectivity index (χ2n) is 9.93. The number of aromatic nitrogens is 4. The van der Waals surface area contributed by atoms with Crippen molar-refractivity contribution in [2.24, 2.45) is 0 Å². The number of ether oxygens (including phenoxy) is 3. The minimum atomic E-state index is -0.400. The highest BCUT2D eigenvalue weighted by Crippen LogP contribution is 2.32.